The van der Waals surface area contributed by atoms with Gasteiger partial charge in [0.2, 0.25) is 0 Å². The van der Waals surface area contributed by atoms with Crippen molar-refractivity contribution in [1.29, 1.82) is 0 Å². The summed E-state index contributed by atoms with van der Waals surface area (Å²) in [7, 11) is -3.71. The Balaban J connectivity index is 1.91. The van der Waals surface area contributed by atoms with E-state index < -0.39 is 10.0 Å². The predicted octanol–water partition coefficient (Wildman–Crippen LogP) is 4.65. The lowest BCUT2D eigenvalue weighted by Gasteiger charge is -2.29. The lowest BCUT2D eigenvalue weighted by atomic mass is 9.76. The van der Waals surface area contributed by atoms with Crippen molar-refractivity contribution < 1.29 is 13.2 Å². The smallest absolute Gasteiger partial charge is 0.261 e. The van der Waals surface area contributed by atoms with Crippen LogP contribution < -0.4 is 4.72 Å². The number of aryl methyl sites for hydroxylation is 1. The number of Topliss-reactive ketones (excluding diaryl/α,β-unsaturated/α-hetero) is 1. The lowest BCUT2D eigenvalue weighted by molar-refractivity contribution is -0.120. The first-order valence-corrected chi connectivity index (χ1v) is 10.4. The summed E-state index contributed by atoms with van der Waals surface area (Å²) < 4.78 is 28.0. The van der Waals surface area contributed by atoms with Crippen molar-refractivity contribution in [3.63, 3.8) is 0 Å². The number of nitrogens with zero attached hydrogens (tertiary/aromatic N) is 1. The lowest BCUT2D eigenvalue weighted by Crippen LogP contribution is -2.28. The zero-order chi connectivity index (χ0) is 19.7. The first kappa shape index (κ1) is 19.3. The maximum absolute atomic E-state index is 12.7. The average molecular weight is 385 g/mol. The minimum absolute atomic E-state index is 0.121. The monoisotopic (exact) mass is 384 g/mol. The van der Waals surface area contributed by atoms with E-state index in [4.69, 9.17) is 0 Å². The largest absolute Gasteiger partial charge is 0.299 e. The fraction of sp³-hybridized carbons (Fsp3) is 0.333. The number of rotatable bonds is 4. The molecule has 0 bridgehead atoms. The Labute approximate surface area is 160 Å². The Bertz CT molecular complexity index is 990. The molecule has 2 aromatic carbocycles. The van der Waals surface area contributed by atoms with Crippen molar-refractivity contribution in [2.24, 2.45) is 10.4 Å². The molecule has 27 heavy (non-hydrogen) atoms. The van der Waals surface area contributed by atoms with E-state index in [-0.39, 0.29) is 16.1 Å². The molecule has 1 N–H and O–H groups in total. The molecule has 1 aliphatic rings. The van der Waals surface area contributed by atoms with Crippen molar-refractivity contribution in [2.45, 2.75) is 44.9 Å². The number of sulfonamides is 1. The maximum atomic E-state index is 12.7. The molecule has 1 aliphatic carbocycles. The van der Waals surface area contributed by atoms with Gasteiger partial charge in [-0.3, -0.25) is 14.5 Å². The molecule has 0 aliphatic heterocycles. The Morgan fingerprint density at radius 2 is 1.67 bits per heavy atom. The number of anilines is 1. The molecular formula is C21H24N2O3S. The minimum atomic E-state index is -3.71. The molecule has 6 heteroatoms. The first-order chi connectivity index (χ1) is 12.6. The Morgan fingerprint density at radius 3 is 2.33 bits per heavy atom. The standard InChI is InChI=1S/C21H24N2O3S/c1-15-8-10-18(11-9-15)27(25,26)23-20-7-5-4-6-19(20)22-16-12-17(24)14-21(2,3)13-16/h4-11,23H,12-14H2,1-3H3. The molecule has 0 radical (unpaired) electrons. The third kappa shape index (κ3) is 4.83. The van der Waals surface area contributed by atoms with E-state index >= 15 is 0 Å². The van der Waals surface area contributed by atoms with E-state index in [1.165, 1.54) is 0 Å². The number of aliphatic imine (C=N–C) groups is 1. The zero-order valence-electron chi connectivity index (χ0n) is 15.8. The fourth-order valence-electron chi connectivity index (χ4n) is 3.33. The van der Waals surface area contributed by atoms with Gasteiger partial charge in [0.25, 0.3) is 10.0 Å². The topological polar surface area (TPSA) is 75.6 Å². The third-order valence-corrected chi connectivity index (χ3v) is 5.90. The zero-order valence-corrected chi connectivity index (χ0v) is 16.6. The summed E-state index contributed by atoms with van der Waals surface area (Å²) in [4.78, 5) is 16.8. The molecule has 0 amide bonds. The first-order valence-electron chi connectivity index (χ1n) is 8.91. The molecule has 142 valence electrons. The summed E-state index contributed by atoms with van der Waals surface area (Å²) in [5.41, 5.74) is 2.59. The van der Waals surface area contributed by atoms with Crippen LogP contribution in [0.5, 0.6) is 0 Å². The van der Waals surface area contributed by atoms with E-state index in [1.807, 2.05) is 20.8 Å². The van der Waals surface area contributed by atoms with Crippen LogP contribution in [0, 0.1) is 12.3 Å². The highest BCUT2D eigenvalue weighted by atomic mass is 32.2. The molecule has 0 atom stereocenters. The SMILES string of the molecule is Cc1ccc(S(=O)(=O)Nc2ccccc2N=C2CC(=O)CC(C)(C)C2)cc1. The van der Waals surface area contributed by atoms with E-state index in [9.17, 15) is 13.2 Å². The third-order valence-electron chi connectivity index (χ3n) is 4.52. The van der Waals surface area contributed by atoms with Gasteiger partial charge in [-0.2, -0.15) is 0 Å². The molecule has 0 unspecified atom stereocenters. The number of hydrogen-bond acceptors (Lipinski definition) is 4. The number of hydrogen-bond donors (Lipinski definition) is 1. The molecular weight excluding hydrogens is 360 g/mol. The van der Waals surface area contributed by atoms with Gasteiger partial charge in [-0.25, -0.2) is 8.42 Å². The summed E-state index contributed by atoms with van der Waals surface area (Å²) in [5.74, 6) is 0.169. The van der Waals surface area contributed by atoms with Gasteiger partial charge in [0.15, 0.2) is 0 Å². The van der Waals surface area contributed by atoms with Gasteiger partial charge in [0, 0.05) is 18.6 Å². The van der Waals surface area contributed by atoms with Crippen LogP contribution in [0.15, 0.2) is 58.4 Å². The Hall–Kier alpha value is -2.47. The number of nitrogens with one attached hydrogen (secondary N) is 1. The minimum Gasteiger partial charge on any atom is -0.299 e. The average Bonchev–Trinajstić information content (AvgIpc) is 2.55. The molecule has 0 aromatic heterocycles. The Kier molecular flexibility index (Phi) is 5.20. The van der Waals surface area contributed by atoms with Crippen molar-refractivity contribution in [1.82, 2.24) is 0 Å². The van der Waals surface area contributed by atoms with E-state index in [0.29, 0.717) is 24.2 Å². The van der Waals surface area contributed by atoms with Gasteiger partial charge >= 0.3 is 0 Å². The quantitative estimate of drug-likeness (QED) is 0.834. The van der Waals surface area contributed by atoms with Gasteiger partial charge in [-0.15, -0.1) is 0 Å². The normalized spacial score (nSPS) is 18.5. The molecule has 3 rings (SSSR count). The van der Waals surface area contributed by atoms with Crippen molar-refractivity contribution in [3.8, 4) is 0 Å². The molecule has 0 heterocycles. The fourth-order valence-corrected chi connectivity index (χ4v) is 4.40. The van der Waals surface area contributed by atoms with Crippen LogP contribution in [-0.4, -0.2) is 19.9 Å². The summed E-state index contributed by atoms with van der Waals surface area (Å²) in [6.45, 7) is 6.00. The highest BCUT2D eigenvalue weighted by Gasteiger charge is 2.30. The second-order valence-electron chi connectivity index (χ2n) is 7.85. The van der Waals surface area contributed by atoms with Gasteiger partial charge in [0.05, 0.1) is 16.3 Å². The van der Waals surface area contributed by atoms with E-state index in [0.717, 1.165) is 17.7 Å². The van der Waals surface area contributed by atoms with Crippen LogP contribution in [0.25, 0.3) is 0 Å². The Morgan fingerprint density at radius 1 is 1.00 bits per heavy atom. The molecule has 1 saturated carbocycles. The summed E-state index contributed by atoms with van der Waals surface area (Å²) >= 11 is 0. The molecule has 0 spiro atoms. The highest BCUT2D eigenvalue weighted by molar-refractivity contribution is 7.92. The van der Waals surface area contributed by atoms with Gasteiger partial charge in [-0.05, 0) is 43.0 Å². The van der Waals surface area contributed by atoms with Gasteiger partial charge < -0.3 is 0 Å². The van der Waals surface area contributed by atoms with Gasteiger partial charge in [0.1, 0.15) is 5.78 Å². The van der Waals surface area contributed by atoms with Crippen molar-refractivity contribution in [3.05, 3.63) is 54.1 Å². The summed E-state index contributed by atoms with van der Waals surface area (Å²) in [6.07, 6.45) is 1.59. The van der Waals surface area contributed by atoms with E-state index in [1.54, 1.807) is 48.5 Å². The van der Waals surface area contributed by atoms with E-state index in [2.05, 4.69) is 9.71 Å². The number of carbonyl (C=O) groups is 1. The summed E-state index contributed by atoms with van der Waals surface area (Å²) in [5, 5.41) is 0. The number of para-hydroxylation sites is 2. The maximum Gasteiger partial charge on any atom is 0.261 e. The van der Waals surface area contributed by atoms with Crippen molar-refractivity contribution >= 4 is 32.9 Å². The predicted molar refractivity (Wildman–Crippen MR) is 108 cm³/mol. The molecule has 5 nitrogen and oxygen atoms in total. The highest BCUT2D eigenvalue weighted by Crippen LogP contribution is 2.34. The number of benzene rings is 2. The van der Waals surface area contributed by atoms with Crippen LogP contribution in [0.1, 0.15) is 38.7 Å². The summed E-state index contributed by atoms with van der Waals surface area (Å²) in [6, 6.07) is 13.7. The molecule has 0 saturated heterocycles. The van der Waals surface area contributed by atoms with Gasteiger partial charge in [-0.1, -0.05) is 43.7 Å². The number of carbonyl (C=O) groups excluding carboxylic acids is 1. The number of ketones is 1. The van der Waals surface area contributed by atoms with Crippen LogP contribution in [0.3, 0.4) is 0 Å². The van der Waals surface area contributed by atoms with Crippen LogP contribution in [0.4, 0.5) is 11.4 Å². The second-order valence-corrected chi connectivity index (χ2v) is 9.53. The molecule has 1 fully saturated rings. The molecule has 2 aromatic rings. The van der Waals surface area contributed by atoms with Crippen molar-refractivity contribution in [2.75, 3.05) is 4.72 Å². The van der Waals surface area contributed by atoms with Crippen LogP contribution in [0.2, 0.25) is 0 Å². The van der Waals surface area contributed by atoms with Crippen LogP contribution in [-0.2, 0) is 14.8 Å². The van der Waals surface area contributed by atoms with Crippen LogP contribution >= 0.6 is 0 Å². The second kappa shape index (κ2) is 7.27.